The van der Waals surface area contributed by atoms with E-state index in [4.69, 9.17) is 23.2 Å². The van der Waals surface area contributed by atoms with Gasteiger partial charge in [-0.25, -0.2) is 0 Å². The molecule has 96 valence electrons. The van der Waals surface area contributed by atoms with Crippen LogP contribution in [0.5, 0.6) is 0 Å². The Hall–Kier alpha value is -0.500. The molecule has 1 heterocycles. The van der Waals surface area contributed by atoms with Gasteiger partial charge in [-0.3, -0.25) is 0 Å². The molecule has 0 unspecified atom stereocenters. The molecular formula is C15H16Cl2S. The lowest BCUT2D eigenvalue weighted by Crippen LogP contribution is -1.90. The van der Waals surface area contributed by atoms with Gasteiger partial charge in [0.15, 0.2) is 0 Å². The van der Waals surface area contributed by atoms with Crippen LogP contribution < -0.4 is 0 Å². The third kappa shape index (κ3) is 2.45. The van der Waals surface area contributed by atoms with E-state index in [1.165, 1.54) is 26.4 Å². The molecule has 3 heteroatoms. The number of hydrogen-bond donors (Lipinski definition) is 0. The van der Waals surface area contributed by atoms with Gasteiger partial charge in [-0.15, -0.1) is 22.9 Å². The molecule has 0 nitrogen and oxygen atoms in total. The quantitative estimate of drug-likeness (QED) is 0.611. The summed E-state index contributed by atoms with van der Waals surface area (Å²) in [6.45, 7) is 6.57. The maximum absolute atomic E-state index is 6.05. The Morgan fingerprint density at radius 1 is 1.22 bits per heavy atom. The van der Waals surface area contributed by atoms with Crippen LogP contribution in [0.4, 0.5) is 0 Å². The highest BCUT2D eigenvalue weighted by Crippen LogP contribution is 2.39. The van der Waals surface area contributed by atoms with Crippen molar-refractivity contribution in [2.24, 2.45) is 0 Å². The van der Waals surface area contributed by atoms with E-state index in [1.807, 2.05) is 23.5 Å². The van der Waals surface area contributed by atoms with Crippen molar-refractivity contribution < 1.29 is 0 Å². The van der Waals surface area contributed by atoms with E-state index in [9.17, 15) is 0 Å². The van der Waals surface area contributed by atoms with Gasteiger partial charge >= 0.3 is 0 Å². The normalized spacial score (nSPS) is 10.9. The van der Waals surface area contributed by atoms with Gasteiger partial charge in [0, 0.05) is 20.7 Å². The molecule has 0 fully saturated rings. The summed E-state index contributed by atoms with van der Waals surface area (Å²) in [5.74, 6) is 0.493. The largest absolute Gasteiger partial charge is 0.145 e. The lowest BCUT2D eigenvalue weighted by molar-refractivity contribution is 1.18. The van der Waals surface area contributed by atoms with E-state index < -0.39 is 0 Å². The number of aryl methyl sites for hydroxylation is 2. The second-order valence-electron chi connectivity index (χ2n) is 4.37. The highest BCUT2D eigenvalue weighted by atomic mass is 35.5. The van der Waals surface area contributed by atoms with Crippen LogP contribution in [0.3, 0.4) is 0 Å². The molecule has 0 aliphatic heterocycles. The summed E-state index contributed by atoms with van der Waals surface area (Å²) in [4.78, 5) is 2.82. The first-order valence-electron chi connectivity index (χ1n) is 6.02. The number of alkyl halides is 1. The summed E-state index contributed by atoms with van der Waals surface area (Å²) in [5.41, 5.74) is 5.06. The molecule has 0 aliphatic carbocycles. The van der Waals surface area contributed by atoms with Crippen molar-refractivity contribution in [3.05, 3.63) is 44.1 Å². The van der Waals surface area contributed by atoms with E-state index >= 15 is 0 Å². The number of thiophene rings is 1. The van der Waals surface area contributed by atoms with Gasteiger partial charge < -0.3 is 0 Å². The van der Waals surface area contributed by atoms with E-state index in [2.05, 4.69) is 26.8 Å². The summed E-state index contributed by atoms with van der Waals surface area (Å²) in [5, 5.41) is 0.747. The van der Waals surface area contributed by atoms with E-state index in [-0.39, 0.29) is 0 Å². The van der Waals surface area contributed by atoms with Crippen molar-refractivity contribution in [3.63, 3.8) is 0 Å². The van der Waals surface area contributed by atoms with Crippen molar-refractivity contribution in [2.45, 2.75) is 33.1 Å². The summed E-state index contributed by atoms with van der Waals surface area (Å²) >= 11 is 14.0. The van der Waals surface area contributed by atoms with E-state index in [0.29, 0.717) is 5.88 Å². The molecule has 0 atom stereocenters. The minimum Gasteiger partial charge on any atom is -0.145 e. The molecule has 2 rings (SSSR count). The number of hydrogen-bond acceptors (Lipinski definition) is 1. The fraction of sp³-hybridized carbons (Fsp3) is 0.333. The van der Waals surface area contributed by atoms with Gasteiger partial charge in [0.1, 0.15) is 0 Å². The number of rotatable bonds is 3. The lowest BCUT2D eigenvalue weighted by Gasteiger charge is -2.10. The minimum atomic E-state index is 0.493. The number of benzene rings is 1. The maximum atomic E-state index is 6.05. The van der Waals surface area contributed by atoms with Crippen molar-refractivity contribution in [2.75, 3.05) is 0 Å². The van der Waals surface area contributed by atoms with Crippen LogP contribution >= 0.6 is 34.5 Å². The minimum absolute atomic E-state index is 0.493. The first-order valence-corrected chi connectivity index (χ1v) is 7.75. The molecule has 18 heavy (non-hydrogen) atoms. The first-order chi connectivity index (χ1) is 8.58. The fourth-order valence-corrected chi connectivity index (χ4v) is 3.77. The summed E-state index contributed by atoms with van der Waals surface area (Å²) in [7, 11) is 0. The predicted octanol–water partition coefficient (Wildman–Crippen LogP) is 5.99. The molecule has 1 aromatic heterocycles. The molecule has 0 spiro atoms. The van der Waals surface area contributed by atoms with E-state index in [0.717, 1.165) is 17.0 Å². The molecule has 0 radical (unpaired) electrons. The third-order valence-electron chi connectivity index (χ3n) is 3.26. The van der Waals surface area contributed by atoms with Crippen molar-refractivity contribution in [1.82, 2.24) is 0 Å². The Bertz CT molecular complexity index is 570. The Kier molecular flexibility index (Phi) is 4.37. The highest BCUT2D eigenvalue weighted by molar-refractivity contribution is 7.12. The fourth-order valence-electron chi connectivity index (χ4n) is 2.22. The van der Waals surface area contributed by atoms with Crippen LogP contribution in [0.15, 0.2) is 18.2 Å². The van der Waals surface area contributed by atoms with Crippen molar-refractivity contribution in [3.8, 4) is 11.1 Å². The molecule has 1 aromatic carbocycles. The zero-order chi connectivity index (χ0) is 13.3. The summed E-state index contributed by atoms with van der Waals surface area (Å²) < 4.78 is 0. The average Bonchev–Trinajstić information content (AvgIpc) is 2.65. The molecule has 0 saturated carbocycles. The topological polar surface area (TPSA) is 0 Å². The monoisotopic (exact) mass is 298 g/mol. The molecule has 0 bridgehead atoms. The lowest BCUT2D eigenvalue weighted by atomic mass is 9.96. The first kappa shape index (κ1) is 13.9. The molecular weight excluding hydrogens is 283 g/mol. The van der Waals surface area contributed by atoms with Crippen LogP contribution in [0, 0.1) is 13.8 Å². The molecule has 0 aliphatic rings. The van der Waals surface area contributed by atoms with Crippen molar-refractivity contribution >= 4 is 34.5 Å². The highest BCUT2D eigenvalue weighted by Gasteiger charge is 2.15. The zero-order valence-electron chi connectivity index (χ0n) is 10.8. The second kappa shape index (κ2) is 5.64. The number of halogens is 2. The van der Waals surface area contributed by atoms with Crippen LogP contribution in [0.1, 0.15) is 27.8 Å². The van der Waals surface area contributed by atoms with Crippen LogP contribution in [0.25, 0.3) is 11.1 Å². The Morgan fingerprint density at radius 2 is 1.94 bits per heavy atom. The van der Waals surface area contributed by atoms with Gasteiger partial charge in [-0.1, -0.05) is 24.6 Å². The Labute approximate surface area is 123 Å². The maximum Gasteiger partial charge on any atom is 0.0480 e. The van der Waals surface area contributed by atoms with Crippen LogP contribution in [-0.2, 0) is 12.3 Å². The van der Waals surface area contributed by atoms with Gasteiger partial charge in [0.2, 0.25) is 0 Å². The van der Waals surface area contributed by atoms with Crippen LogP contribution in [0.2, 0.25) is 5.02 Å². The van der Waals surface area contributed by atoms with E-state index in [1.54, 1.807) is 0 Å². The predicted molar refractivity (Wildman–Crippen MR) is 83.2 cm³/mol. The van der Waals surface area contributed by atoms with Gasteiger partial charge in [-0.2, -0.15) is 0 Å². The third-order valence-corrected chi connectivity index (χ3v) is 5.13. The SMILES string of the molecule is CCc1sc(C)c(C)c1-c1ccc(Cl)cc1CCl. The second-order valence-corrected chi connectivity index (χ2v) is 6.38. The Morgan fingerprint density at radius 3 is 2.56 bits per heavy atom. The molecule has 0 saturated heterocycles. The molecule has 0 amide bonds. The smallest absolute Gasteiger partial charge is 0.0480 e. The average molecular weight is 299 g/mol. The van der Waals surface area contributed by atoms with Gasteiger partial charge in [0.25, 0.3) is 0 Å². The summed E-state index contributed by atoms with van der Waals surface area (Å²) in [6.07, 6.45) is 1.05. The summed E-state index contributed by atoms with van der Waals surface area (Å²) in [6, 6.07) is 6.00. The van der Waals surface area contributed by atoms with Crippen molar-refractivity contribution in [1.29, 1.82) is 0 Å². The standard InChI is InChI=1S/C15H16Cl2S/c1-4-14-15(9(2)10(3)18-14)13-6-5-12(17)7-11(13)8-16/h5-7H,4,8H2,1-3H3. The molecule has 2 aromatic rings. The van der Waals surface area contributed by atoms with Crippen LogP contribution in [-0.4, -0.2) is 0 Å². The zero-order valence-corrected chi connectivity index (χ0v) is 13.1. The van der Waals surface area contributed by atoms with Gasteiger partial charge in [-0.05, 0) is 54.7 Å². The van der Waals surface area contributed by atoms with Gasteiger partial charge in [0.05, 0.1) is 0 Å². The Balaban J connectivity index is 2.68. The molecule has 0 N–H and O–H groups in total.